The second kappa shape index (κ2) is 4.46. The first-order chi connectivity index (χ1) is 8.55. The summed E-state index contributed by atoms with van der Waals surface area (Å²) in [4.78, 5) is 5.37. The van der Waals surface area contributed by atoms with Gasteiger partial charge >= 0.3 is 0 Å². The Morgan fingerprint density at radius 1 is 1.06 bits per heavy atom. The van der Waals surface area contributed by atoms with Crippen LogP contribution in [-0.2, 0) is 0 Å². The molecule has 0 radical (unpaired) electrons. The van der Waals surface area contributed by atoms with Gasteiger partial charge in [0.15, 0.2) is 0 Å². The zero-order valence-electron chi connectivity index (χ0n) is 12.2. The molecule has 3 aliphatic heterocycles. The van der Waals surface area contributed by atoms with Crippen LogP contribution in [0.1, 0.15) is 39.5 Å². The Kier molecular flexibility index (Phi) is 3.20. The summed E-state index contributed by atoms with van der Waals surface area (Å²) in [6, 6.07) is 1.58. The van der Waals surface area contributed by atoms with Gasteiger partial charge in [-0.15, -0.1) is 0 Å². The number of likely N-dealkylation sites (tertiary alicyclic amines) is 1. The number of hydrogen-bond acceptors (Lipinski definition) is 3. The maximum absolute atomic E-state index is 6.25. The number of nitrogens with zero attached hydrogens (tertiary/aromatic N) is 2. The summed E-state index contributed by atoms with van der Waals surface area (Å²) in [5.74, 6) is 1.68. The smallest absolute Gasteiger partial charge is 0.0361 e. The highest BCUT2D eigenvalue weighted by Crippen LogP contribution is 2.44. The molecule has 0 aromatic rings. The second-order valence-electron chi connectivity index (χ2n) is 7.25. The fraction of sp³-hybridized carbons (Fsp3) is 1.00. The van der Waals surface area contributed by atoms with E-state index >= 15 is 0 Å². The van der Waals surface area contributed by atoms with Gasteiger partial charge in [-0.05, 0) is 44.6 Å². The van der Waals surface area contributed by atoms with E-state index in [4.69, 9.17) is 5.73 Å². The van der Waals surface area contributed by atoms with E-state index in [1.165, 1.54) is 38.8 Å². The molecule has 2 bridgehead atoms. The Balaban J connectivity index is 1.80. The molecule has 0 saturated carbocycles. The minimum absolute atomic E-state index is 0.317. The molecule has 0 spiro atoms. The van der Waals surface area contributed by atoms with Gasteiger partial charge in [-0.2, -0.15) is 0 Å². The molecule has 3 aliphatic rings. The topological polar surface area (TPSA) is 32.5 Å². The number of rotatable bonds is 2. The normalized spacial score (nSPS) is 50.0. The van der Waals surface area contributed by atoms with E-state index in [0.717, 1.165) is 30.5 Å². The summed E-state index contributed by atoms with van der Waals surface area (Å²) in [6.45, 7) is 8.19. The van der Waals surface area contributed by atoms with E-state index in [2.05, 4.69) is 30.7 Å². The number of nitrogens with two attached hydrogens (primary N) is 1. The summed E-state index contributed by atoms with van der Waals surface area (Å²) in [6.07, 6.45) is 5.38. The molecular weight excluding hydrogens is 222 g/mol. The minimum Gasteiger partial charge on any atom is -0.329 e. The van der Waals surface area contributed by atoms with Gasteiger partial charge in [-0.1, -0.05) is 13.8 Å². The zero-order valence-corrected chi connectivity index (χ0v) is 12.2. The van der Waals surface area contributed by atoms with Crippen LogP contribution in [0.25, 0.3) is 0 Å². The lowest BCUT2D eigenvalue weighted by Gasteiger charge is -2.50. The number of hydrogen-bond donors (Lipinski definition) is 1. The third-order valence-electron chi connectivity index (χ3n) is 6.26. The van der Waals surface area contributed by atoms with Crippen molar-refractivity contribution >= 4 is 0 Å². The van der Waals surface area contributed by atoms with Crippen LogP contribution in [0, 0.1) is 11.8 Å². The highest BCUT2D eigenvalue weighted by atomic mass is 15.3. The molecule has 3 heteroatoms. The van der Waals surface area contributed by atoms with Gasteiger partial charge in [-0.25, -0.2) is 0 Å². The van der Waals surface area contributed by atoms with Gasteiger partial charge in [0.05, 0.1) is 0 Å². The molecule has 3 heterocycles. The lowest BCUT2D eigenvalue weighted by atomic mass is 9.81. The van der Waals surface area contributed by atoms with Crippen molar-refractivity contribution in [1.82, 2.24) is 9.80 Å². The molecule has 0 aliphatic carbocycles. The van der Waals surface area contributed by atoms with Crippen LogP contribution >= 0.6 is 0 Å². The molecule has 0 amide bonds. The van der Waals surface area contributed by atoms with Gasteiger partial charge in [0.25, 0.3) is 0 Å². The molecule has 4 atom stereocenters. The molecule has 0 aromatic heterocycles. The maximum Gasteiger partial charge on any atom is 0.0361 e. The fourth-order valence-electron chi connectivity index (χ4n) is 4.61. The summed E-state index contributed by atoms with van der Waals surface area (Å²) >= 11 is 0. The Bertz CT molecular complexity index is 293. The third kappa shape index (κ3) is 1.83. The van der Waals surface area contributed by atoms with Gasteiger partial charge in [-0.3, -0.25) is 4.90 Å². The summed E-state index contributed by atoms with van der Waals surface area (Å²) < 4.78 is 0. The molecule has 0 aromatic carbocycles. The first kappa shape index (κ1) is 12.9. The van der Waals surface area contributed by atoms with Crippen molar-refractivity contribution in [2.75, 3.05) is 26.7 Å². The SMILES string of the molecule is CC1CN(C2(CN)CC3CCC(C2)N3C)CC1C. The highest BCUT2D eigenvalue weighted by molar-refractivity contribution is 5.08. The van der Waals surface area contributed by atoms with E-state index < -0.39 is 0 Å². The van der Waals surface area contributed by atoms with Crippen LogP contribution in [-0.4, -0.2) is 54.1 Å². The van der Waals surface area contributed by atoms with E-state index in [9.17, 15) is 0 Å². The molecule has 104 valence electrons. The summed E-state index contributed by atoms with van der Waals surface area (Å²) in [5.41, 5.74) is 6.56. The molecular formula is C15H29N3. The quantitative estimate of drug-likeness (QED) is 0.808. The van der Waals surface area contributed by atoms with Crippen LogP contribution in [0.2, 0.25) is 0 Å². The molecule has 3 rings (SSSR count). The Morgan fingerprint density at radius 3 is 2.00 bits per heavy atom. The van der Waals surface area contributed by atoms with Crippen LogP contribution in [0.3, 0.4) is 0 Å². The third-order valence-corrected chi connectivity index (χ3v) is 6.26. The zero-order chi connectivity index (χ0) is 12.9. The Hall–Kier alpha value is -0.120. The van der Waals surface area contributed by atoms with Crippen LogP contribution < -0.4 is 5.73 Å². The van der Waals surface area contributed by atoms with Crippen molar-refractivity contribution in [2.24, 2.45) is 17.6 Å². The first-order valence-corrected chi connectivity index (χ1v) is 7.73. The minimum atomic E-state index is 0.317. The average molecular weight is 251 g/mol. The standard InChI is InChI=1S/C15H29N3/c1-11-8-18(9-12(11)2)15(10-16)6-13-4-5-14(7-15)17(13)3/h11-14H,4-10,16H2,1-3H3. The van der Waals surface area contributed by atoms with Crippen LogP contribution in [0.5, 0.6) is 0 Å². The van der Waals surface area contributed by atoms with Gasteiger partial charge in [0.2, 0.25) is 0 Å². The van der Waals surface area contributed by atoms with Crippen molar-refractivity contribution in [3.8, 4) is 0 Å². The van der Waals surface area contributed by atoms with Crippen molar-refractivity contribution in [3.05, 3.63) is 0 Å². The molecule has 3 saturated heterocycles. The van der Waals surface area contributed by atoms with Crippen molar-refractivity contribution < 1.29 is 0 Å². The predicted octanol–water partition coefficient (Wildman–Crippen LogP) is 1.53. The second-order valence-corrected chi connectivity index (χ2v) is 7.25. The first-order valence-electron chi connectivity index (χ1n) is 7.73. The molecule has 3 nitrogen and oxygen atoms in total. The van der Waals surface area contributed by atoms with Crippen LogP contribution in [0.15, 0.2) is 0 Å². The van der Waals surface area contributed by atoms with Crippen LogP contribution in [0.4, 0.5) is 0 Å². The van der Waals surface area contributed by atoms with Crippen molar-refractivity contribution in [1.29, 1.82) is 0 Å². The molecule has 18 heavy (non-hydrogen) atoms. The van der Waals surface area contributed by atoms with E-state index in [-0.39, 0.29) is 0 Å². The van der Waals surface area contributed by atoms with Gasteiger partial charge in [0.1, 0.15) is 0 Å². The lowest BCUT2D eigenvalue weighted by Crippen LogP contribution is -2.61. The van der Waals surface area contributed by atoms with Crippen molar-refractivity contribution in [2.45, 2.75) is 57.2 Å². The molecule has 2 N–H and O–H groups in total. The van der Waals surface area contributed by atoms with E-state index in [0.29, 0.717) is 5.54 Å². The van der Waals surface area contributed by atoms with E-state index in [1.54, 1.807) is 0 Å². The molecule has 4 unspecified atom stereocenters. The number of piperidine rings is 1. The predicted molar refractivity (Wildman–Crippen MR) is 75.5 cm³/mol. The Morgan fingerprint density at radius 2 is 1.56 bits per heavy atom. The largest absolute Gasteiger partial charge is 0.329 e. The maximum atomic E-state index is 6.25. The molecule has 3 fully saturated rings. The van der Waals surface area contributed by atoms with Crippen molar-refractivity contribution in [3.63, 3.8) is 0 Å². The average Bonchev–Trinajstić information content (AvgIpc) is 2.78. The highest BCUT2D eigenvalue weighted by Gasteiger charge is 2.50. The lowest BCUT2D eigenvalue weighted by molar-refractivity contribution is 0.0118. The summed E-state index contributed by atoms with van der Waals surface area (Å²) in [7, 11) is 2.32. The number of fused-ring (bicyclic) bond motifs is 2. The fourth-order valence-corrected chi connectivity index (χ4v) is 4.61. The van der Waals surface area contributed by atoms with Gasteiger partial charge in [0, 0.05) is 37.3 Å². The van der Waals surface area contributed by atoms with Gasteiger partial charge < -0.3 is 10.6 Å². The monoisotopic (exact) mass is 251 g/mol. The summed E-state index contributed by atoms with van der Waals surface area (Å²) in [5, 5.41) is 0. The van der Waals surface area contributed by atoms with E-state index in [1.807, 2.05) is 0 Å². The Labute approximate surface area is 112 Å².